The quantitative estimate of drug-likeness (QED) is 0.778. The molecule has 0 bridgehead atoms. The molecule has 1 aliphatic heterocycles. The summed E-state index contributed by atoms with van der Waals surface area (Å²) in [7, 11) is 1.65. The molecule has 5 nitrogen and oxygen atoms in total. The molecule has 23 heavy (non-hydrogen) atoms. The van der Waals surface area contributed by atoms with Crippen molar-refractivity contribution in [2.75, 3.05) is 33.4 Å². The lowest BCUT2D eigenvalue weighted by molar-refractivity contribution is -0.0372. The van der Waals surface area contributed by atoms with E-state index in [2.05, 4.69) is 4.90 Å². The topological polar surface area (TPSA) is 62.2 Å². The Morgan fingerprint density at radius 3 is 2.26 bits per heavy atom. The number of hydrogen-bond donors (Lipinski definition) is 2. The van der Waals surface area contributed by atoms with Crippen LogP contribution < -0.4 is 9.47 Å². The lowest BCUT2D eigenvalue weighted by atomic mass is 9.79. The van der Waals surface area contributed by atoms with Gasteiger partial charge in [0.15, 0.2) is 11.5 Å². The number of nitrogens with zero attached hydrogens (tertiary/aromatic N) is 1. The average molecular weight is 321 g/mol. The first kappa shape index (κ1) is 16.6. The monoisotopic (exact) mass is 321 g/mol. The Labute approximate surface area is 137 Å². The second-order valence-electron chi connectivity index (χ2n) is 6.74. The zero-order valence-electron chi connectivity index (χ0n) is 13.7. The molecule has 1 aromatic rings. The number of likely N-dealkylation sites (tertiary alicyclic amines) is 1. The van der Waals surface area contributed by atoms with Crippen molar-refractivity contribution in [2.24, 2.45) is 11.8 Å². The maximum atomic E-state index is 9.80. The number of aliphatic hydroxyl groups is 2. The summed E-state index contributed by atoms with van der Waals surface area (Å²) in [5.41, 5.74) is 0. The summed E-state index contributed by atoms with van der Waals surface area (Å²) in [5, 5.41) is 19.6. The minimum Gasteiger partial charge on any atom is -0.493 e. The van der Waals surface area contributed by atoms with Gasteiger partial charge < -0.3 is 24.6 Å². The Kier molecular flexibility index (Phi) is 5.41. The normalized spacial score (nSPS) is 30.9. The molecule has 1 saturated heterocycles. The summed E-state index contributed by atoms with van der Waals surface area (Å²) < 4.78 is 11.1. The molecule has 5 heteroatoms. The molecule has 0 spiro atoms. The molecular weight excluding hydrogens is 294 g/mol. The second kappa shape index (κ2) is 7.51. The molecule has 0 unspecified atom stereocenters. The van der Waals surface area contributed by atoms with Gasteiger partial charge >= 0.3 is 0 Å². The average Bonchev–Trinajstić information content (AvgIpc) is 2.94. The largest absolute Gasteiger partial charge is 0.493 e. The van der Waals surface area contributed by atoms with E-state index in [-0.39, 0.29) is 0 Å². The van der Waals surface area contributed by atoms with Crippen LogP contribution in [0.2, 0.25) is 0 Å². The third-order valence-electron chi connectivity index (χ3n) is 5.13. The maximum absolute atomic E-state index is 9.80. The van der Waals surface area contributed by atoms with Gasteiger partial charge in [0.25, 0.3) is 0 Å². The highest BCUT2D eigenvalue weighted by Crippen LogP contribution is 2.36. The van der Waals surface area contributed by atoms with Crippen LogP contribution in [0, 0.1) is 11.8 Å². The van der Waals surface area contributed by atoms with E-state index in [9.17, 15) is 10.2 Å². The van der Waals surface area contributed by atoms with Gasteiger partial charge in [0, 0.05) is 19.6 Å². The number of aliphatic hydroxyl groups excluding tert-OH is 2. The van der Waals surface area contributed by atoms with Gasteiger partial charge in [-0.15, -0.1) is 0 Å². The van der Waals surface area contributed by atoms with E-state index in [0.29, 0.717) is 18.4 Å². The van der Waals surface area contributed by atoms with Crippen molar-refractivity contribution in [3.8, 4) is 11.5 Å². The summed E-state index contributed by atoms with van der Waals surface area (Å²) in [6.45, 7) is 3.72. The molecule has 1 heterocycles. The fraction of sp³-hybridized carbons (Fsp3) is 0.667. The van der Waals surface area contributed by atoms with Crippen molar-refractivity contribution in [1.29, 1.82) is 0 Å². The standard InChI is InChI=1S/C18H27NO4/c1-22-17-5-2-3-6-18(17)23-8-4-7-19-11-13-9-15(20)16(21)10-14(13)12-19/h2-3,5-6,13-16,20-21H,4,7-12H2,1H3/t13-,14+,15-,16-/m0/s1. The van der Waals surface area contributed by atoms with Gasteiger partial charge in [-0.2, -0.15) is 0 Å². The van der Waals surface area contributed by atoms with Crippen LogP contribution >= 0.6 is 0 Å². The minimum atomic E-state index is -0.537. The Hall–Kier alpha value is -1.30. The maximum Gasteiger partial charge on any atom is 0.161 e. The molecule has 4 atom stereocenters. The Morgan fingerprint density at radius 2 is 1.65 bits per heavy atom. The van der Waals surface area contributed by atoms with Gasteiger partial charge in [-0.1, -0.05) is 12.1 Å². The fourth-order valence-corrected chi connectivity index (χ4v) is 3.90. The molecule has 1 aliphatic carbocycles. The number of ether oxygens (including phenoxy) is 2. The molecule has 2 fully saturated rings. The summed E-state index contributed by atoms with van der Waals surface area (Å²) in [4.78, 5) is 2.44. The number of hydrogen-bond acceptors (Lipinski definition) is 5. The molecule has 2 aliphatic rings. The summed E-state index contributed by atoms with van der Waals surface area (Å²) in [6, 6.07) is 7.70. The third-order valence-corrected chi connectivity index (χ3v) is 5.13. The number of para-hydroxylation sites is 2. The van der Waals surface area contributed by atoms with E-state index in [0.717, 1.165) is 50.4 Å². The number of fused-ring (bicyclic) bond motifs is 1. The van der Waals surface area contributed by atoms with Crippen LogP contribution in [0.5, 0.6) is 11.5 Å². The van der Waals surface area contributed by atoms with E-state index in [1.165, 1.54) is 0 Å². The zero-order chi connectivity index (χ0) is 16.2. The Balaban J connectivity index is 1.40. The van der Waals surface area contributed by atoms with E-state index in [4.69, 9.17) is 9.47 Å². The van der Waals surface area contributed by atoms with Crippen molar-refractivity contribution in [1.82, 2.24) is 4.90 Å². The van der Waals surface area contributed by atoms with Gasteiger partial charge in [0.1, 0.15) is 0 Å². The third kappa shape index (κ3) is 3.97. The molecule has 1 aromatic carbocycles. The first-order valence-corrected chi connectivity index (χ1v) is 8.51. The van der Waals surface area contributed by atoms with Crippen LogP contribution in [0.4, 0.5) is 0 Å². The highest BCUT2D eigenvalue weighted by Gasteiger charge is 2.40. The number of benzene rings is 1. The first-order valence-electron chi connectivity index (χ1n) is 8.51. The van der Waals surface area contributed by atoms with Crippen LogP contribution in [0.25, 0.3) is 0 Å². The molecule has 0 radical (unpaired) electrons. The van der Waals surface area contributed by atoms with Gasteiger partial charge in [0.05, 0.1) is 25.9 Å². The number of methoxy groups -OCH3 is 1. The van der Waals surface area contributed by atoms with Gasteiger partial charge in [-0.3, -0.25) is 0 Å². The summed E-state index contributed by atoms with van der Waals surface area (Å²) in [6.07, 6.45) is 1.36. The number of rotatable bonds is 6. The van der Waals surface area contributed by atoms with Crippen LogP contribution in [0.15, 0.2) is 24.3 Å². The molecular formula is C18H27NO4. The van der Waals surface area contributed by atoms with E-state index in [1.54, 1.807) is 7.11 Å². The summed E-state index contributed by atoms with van der Waals surface area (Å²) >= 11 is 0. The molecule has 0 amide bonds. The van der Waals surface area contributed by atoms with Crippen molar-refractivity contribution < 1.29 is 19.7 Å². The zero-order valence-corrected chi connectivity index (χ0v) is 13.7. The highest BCUT2D eigenvalue weighted by molar-refractivity contribution is 5.39. The highest BCUT2D eigenvalue weighted by atomic mass is 16.5. The van der Waals surface area contributed by atoms with Crippen LogP contribution in [-0.4, -0.2) is 60.7 Å². The van der Waals surface area contributed by atoms with Crippen molar-refractivity contribution >= 4 is 0 Å². The lowest BCUT2D eigenvalue weighted by Gasteiger charge is -2.32. The summed E-state index contributed by atoms with van der Waals surface area (Å²) in [5.74, 6) is 2.62. The fourth-order valence-electron chi connectivity index (χ4n) is 3.90. The molecule has 3 rings (SSSR count). The van der Waals surface area contributed by atoms with Gasteiger partial charge in [-0.05, 0) is 43.2 Å². The molecule has 1 saturated carbocycles. The van der Waals surface area contributed by atoms with Gasteiger partial charge in [-0.25, -0.2) is 0 Å². The second-order valence-corrected chi connectivity index (χ2v) is 6.74. The van der Waals surface area contributed by atoms with E-state index >= 15 is 0 Å². The van der Waals surface area contributed by atoms with E-state index < -0.39 is 12.2 Å². The Bertz CT molecular complexity index is 492. The molecule has 2 N–H and O–H groups in total. The predicted octanol–water partition coefficient (Wildman–Crippen LogP) is 1.53. The molecule has 128 valence electrons. The van der Waals surface area contributed by atoms with Gasteiger partial charge in [0.2, 0.25) is 0 Å². The van der Waals surface area contributed by atoms with Crippen molar-refractivity contribution in [3.05, 3.63) is 24.3 Å². The van der Waals surface area contributed by atoms with Crippen LogP contribution in [0.3, 0.4) is 0 Å². The predicted molar refractivity (Wildman–Crippen MR) is 87.8 cm³/mol. The Morgan fingerprint density at radius 1 is 1.04 bits per heavy atom. The molecule has 0 aromatic heterocycles. The van der Waals surface area contributed by atoms with Crippen molar-refractivity contribution in [2.45, 2.75) is 31.5 Å². The first-order chi connectivity index (χ1) is 11.2. The van der Waals surface area contributed by atoms with Crippen LogP contribution in [-0.2, 0) is 0 Å². The minimum absolute atomic E-state index is 0.531. The SMILES string of the molecule is COc1ccccc1OCCCN1C[C@H]2C[C@H](O)[C@@H](O)C[C@H]2C1. The lowest BCUT2D eigenvalue weighted by Crippen LogP contribution is -2.38. The smallest absolute Gasteiger partial charge is 0.161 e. The van der Waals surface area contributed by atoms with Crippen LogP contribution in [0.1, 0.15) is 19.3 Å². The van der Waals surface area contributed by atoms with Crippen molar-refractivity contribution in [3.63, 3.8) is 0 Å². The van der Waals surface area contributed by atoms with E-state index in [1.807, 2.05) is 24.3 Å².